The quantitative estimate of drug-likeness (QED) is 0.438. The number of aryl methyl sites for hydroxylation is 1. The van der Waals surface area contributed by atoms with E-state index in [2.05, 4.69) is 10.3 Å². The number of amides is 1. The zero-order chi connectivity index (χ0) is 19.0. The van der Waals surface area contributed by atoms with Gasteiger partial charge in [-0.1, -0.05) is 35.3 Å². The van der Waals surface area contributed by atoms with E-state index in [4.69, 9.17) is 27.6 Å². The number of halogens is 2. The Bertz CT molecular complexity index is 1150. The first-order chi connectivity index (χ1) is 13.0. The molecule has 0 fully saturated rings. The Morgan fingerprint density at radius 3 is 2.59 bits per heavy atom. The Balaban J connectivity index is 1.56. The molecule has 1 N–H and O–H groups in total. The number of benzene rings is 3. The lowest BCUT2D eigenvalue weighted by Gasteiger charge is -2.08. The number of rotatable bonds is 3. The van der Waals surface area contributed by atoms with Crippen LogP contribution in [-0.2, 0) is 0 Å². The molecule has 1 heterocycles. The third-order valence-corrected chi connectivity index (χ3v) is 4.95. The summed E-state index contributed by atoms with van der Waals surface area (Å²) >= 11 is 12.1. The van der Waals surface area contributed by atoms with E-state index < -0.39 is 0 Å². The van der Waals surface area contributed by atoms with Crippen molar-refractivity contribution in [3.63, 3.8) is 0 Å². The van der Waals surface area contributed by atoms with Crippen LogP contribution in [0, 0.1) is 6.92 Å². The van der Waals surface area contributed by atoms with Crippen LogP contribution in [0.4, 0.5) is 5.69 Å². The molecule has 1 aromatic heterocycles. The van der Waals surface area contributed by atoms with Crippen LogP contribution in [0.15, 0.2) is 65.1 Å². The van der Waals surface area contributed by atoms with Crippen LogP contribution in [0.25, 0.3) is 22.6 Å². The van der Waals surface area contributed by atoms with Crippen LogP contribution in [0.2, 0.25) is 10.0 Å². The Kier molecular flexibility index (Phi) is 4.60. The highest BCUT2D eigenvalue weighted by atomic mass is 35.5. The summed E-state index contributed by atoms with van der Waals surface area (Å²) in [7, 11) is 0. The van der Waals surface area contributed by atoms with Gasteiger partial charge in [-0.15, -0.1) is 0 Å². The van der Waals surface area contributed by atoms with Crippen LogP contribution in [-0.4, -0.2) is 10.9 Å². The Labute approximate surface area is 165 Å². The number of oxazole rings is 1. The third-order valence-electron chi connectivity index (χ3n) is 4.13. The third kappa shape index (κ3) is 3.54. The van der Waals surface area contributed by atoms with Gasteiger partial charge in [-0.3, -0.25) is 4.79 Å². The van der Waals surface area contributed by atoms with E-state index in [1.165, 1.54) is 0 Å². The fourth-order valence-electron chi connectivity index (χ4n) is 2.73. The summed E-state index contributed by atoms with van der Waals surface area (Å²) in [6, 6.07) is 18.1. The van der Waals surface area contributed by atoms with Gasteiger partial charge in [-0.25, -0.2) is 4.98 Å². The van der Waals surface area contributed by atoms with Crippen molar-refractivity contribution in [1.29, 1.82) is 0 Å². The highest BCUT2D eigenvalue weighted by Gasteiger charge is 2.13. The summed E-state index contributed by atoms with van der Waals surface area (Å²) in [5, 5.41) is 3.38. The van der Waals surface area contributed by atoms with Crippen molar-refractivity contribution in [2.24, 2.45) is 0 Å². The first-order valence-corrected chi connectivity index (χ1v) is 9.00. The topological polar surface area (TPSA) is 55.1 Å². The van der Waals surface area contributed by atoms with Gasteiger partial charge in [-0.2, -0.15) is 0 Å². The molecule has 0 saturated carbocycles. The minimum absolute atomic E-state index is 0.232. The minimum Gasteiger partial charge on any atom is -0.436 e. The number of carbonyl (C=O) groups is 1. The summed E-state index contributed by atoms with van der Waals surface area (Å²) in [6.45, 7) is 2.01. The first kappa shape index (κ1) is 17.6. The van der Waals surface area contributed by atoms with E-state index in [1.54, 1.807) is 30.3 Å². The average molecular weight is 397 g/mol. The van der Waals surface area contributed by atoms with Crippen molar-refractivity contribution in [3.05, 3.63) is 81.8 Å². The molecule has 0 aliphatic heterocycles. The molecule has 1 amide bonds. The van der Waals surface area contributed by atoms with Gasteiger partial charge in [0.05, 0.1) is 15.6 Å². The molecular formula is C21H14Cl2N2O2. The van der Waals surface area contributed by atoms with E-state index in [0.29, 0.717) is 22.2 Å². The standard InChI is InChI=1S/C21H14Cl2N2O2/c1-12-5-10-18-17(11-12)25-21(27-18)13-6-8-14(9-7-13)24-20(26)15-3-2-4-16(22)19(15)23/h2-11H,1H3,(H,24,26). The molecule has 0 radical (unpaired) electrons. The SMILES string of the molecule is Cc1ccc2oc(-c3ccc(NC(=O)c4cccc(Cl)c4Cl)cc3)nc2c1. The fourth-order valence-corrected chi connectivity index (χ4v) is 3.12. The van der Waals surface area contributed by atoms with Crippen molar-refractivity contribution < 1.29 is 9.21 Å². The van der Waals surface area contributed by atoms with Crippen LogP contribution < -0.4 is 5.32 Å². The molecule has 0 aliphatic carbocycles. The molecule has 0 unspecified atom stereocenters. The van der Waals surface area contributed by atoms with Crippen LogP contribution in [0.5, 0.6) is 0 Å². The number of hydrogen-bond acceptors (Lipinski definition) is 3. The number of fused-ring (bicyclic) bond motifs is 1. The molecule has 0 spiro atoms. The largest absolute Gasteiger partial charge is 0.436 e. The molecule has 27 heavy (non-hydrogen) atoms. The smallest absolute Gasteiger partial charge is 0.257 e. The van der Waals surface area contributed by atoms with Crippen LogP contribution in [0.3, 0.4) is 0 Å². The summed E-state index contributed by atoms with van der Waals surface area (Å²) in [5.74, 6) is 0.207. The lowest BCUT2D eigenvalue weighted by Crippen LogP contribution is -2.12. The fraction of sp³-hybridized carbons (Fsp3) is 0.0476. The van der Waals surface area contributed by atoms with Crippen molar-refractivity contribution in [2.75, 3.05) is 5.32 Å². The minimum atomic E-state index is -0.326. The molecule has 0 atom stereocenters. The molecule has 0 bridgehead atoms. The predicted molar refractivity (Wildman–Crippen MR) is 109 cm³/mol. The van der Waals surface area contributed by atoms with Crippen LogP contribution >= 0.6 is 23.2 Å². The molecule has 6 heteroatoms. The normalized spacial score (nSPS) is 10.9. The summed E-state index contributed by atoms with van der Waals surface area (Å²) < 4.78 is 5.80. The van der Waals surface area contributed by atoms with Gasteiger partial charge in [0.15, 0.2) is 5.58 Å². The first-order valence-electron chi connectivity index (χ1n) is 8.24. The number of nitrogens with one attached hydrogen (secondary N) is 1. The number of anilines is 1. The summed E-state index contributed by atoms with van der Waals surface area (Å²) in [5.41, 5.74) is 4.46. The number of nitrogens with zero attached hydrogens (tertiary/aromatic N) is 1. The second kappa shape index (κ2) is 7.06. The lowest BCUT2D eigenvalue weighted by molar-refractivity contribution is 0.102. The Hall–Kier alpha value is -2.82. The van der Waals surface area contributed by atoms with Gasteiger partial charge in [0.1, 0.15) is 5.52 Å². The second-order valence-electron chi connectivity index (χ2n) is 6.12. The van der Waals surface area contributed by atoms with Gasteiger partial charge in [0.25, 0.3) is 5.91 Å². The van der Waals surface area contributed by atoms with Gasteiger partial charge in [-0.05, 0) is 61.0 Å². The molecule has 0 saturated heterocycles. The van der Waals surface area contributed by atoms with E-state index in [0.717, 1.165) is 22.2 Å². The molecule has 4 nitrogen and oxygen atoms in total. The highest BCUT2D eigenvalue weighted by Crippen LogP contribution is 2.28. The van der Waals surface area contributed by atoms with E-state index in [9.17, 15) is 4.79 Å². The zero-order valence-electron chi connectivity index (χ0n) is 14.3. The van der Waals surface area contributed by atoms with Gasteiger partial charge in [0, 0.05) is 11.3 Å². The molecule has 4 rings (SSSR count). The Morgan fingerprint density at radius 1 is 1.04 bits per heavy atom. The molecular weight excluding hydrogens is 383 g/mol. The van der Waals surface area contributed by atoms with Crippen molar-refractivity contribution in [3.8, 4) is 11.5 Å². The predicted octanol–water partition coefficient (Wildman–Crippen LogP) is 6.36. The molecule has 3 aromatic carbocycles. The van der Waals surface area contributed by atoms with E-state index in [-0.39, 0.29) is 10.9 Å². The van der Waals surface area contributed by atoms with E-state index in [1.807, 2.05) is 37.3 Å². The number of hydrogen-bond donors (Lipinski definition) is 1. The number of carbonyl (C=O) groups excluding carboxylic acids is 1. The zero-order valence-corrected chi connectivity index (χ0v) is 15.8. The van der Waals surface area contributed by atoms with Gasteiger partial charge >= 0.3 is 0 Å². The monoisotopic (exact) mass is 396 g/mol. The molecule has 4 aromatic rings. The number of aromatic nitrogens is 1. The lowest BCUT2D eigenvalue weighted by atomic mass is 10.1. The maximum atomic E-state index is 12.4. The molecule has 134 valence electrons. The molecule has 0 aliphatic rings. The van der Waals surface area contributed by atoms with Crippen molar-refractivity contribution in [2.45, 2.75) is 6.92 Å². The maximum Gasteiger partial charge on any atom is 0.257 e. The van der Waals surface area contributed by atoms with Gasteiger partial charge < -0.3 is 9.73 Å². The van der Waals surface area contributed by atoms with Crippen LogP contribution in [0.1, 0.15) is 15.9 Å². The highest BCUT2D eigenvalue weighted by molar-refractivity contribution is 6.44. The van der Waals surface area contributed by atoms with Gasteiger partial charge in [0.2, 0.25) is 5.89 Å². The van der Waals surface area contributed by atoms with E-state index >= 15 is 0 Å². The maximum absolute atomic E-state index is 12.4. The summed E-state index contributed by atoms with van der Waals surface area (Å²) in [4.78, 5) is 16.9. The van der Waals surface area contributed by atoms with Crippen molar-refractivity contribution in [1.82, 2.24) is 4.98 Å². The average Bonchev–Trinajstić information content (AvgIpc) is 3.07. The summed E-state index contributed by atoms with van der Waals surface area (Å²) in [6.07, 6.45) is 0. The Morgan fingerprint density at radius 2 is 1.81 bits per heavy atom. The van der Waals surface area contributed by atoms with Crippen molar-refractivity contribution >= 4 is 45.9 Å². The second-order valence-corrected chi connectivity index (χ2v) is 6.91.